The molecule has 3 heterocycles. The summed E-state index contributed by atoms with van der Waals surface area (Å²) in [6, 6.07) is 19.0. The highest BCUT2D eigenvalue weighted by Crippen LogP contribution is 2.31. The first-order valence-electron chi connectivity index (χ1n) is 11.2. The molecule has 2 aliphatic rings. The largest absolute Gasteiger partial charge is 0.496 e. The number of rotatable bonds is 5. The molecule has 2 aromatic carbocycles. The Hall–Kier alpha value is -3.55. The lowest BCUT2D eigenvalue weighted by atomic mass is 9.99. The molecule has 3 aromatic rings. The summed E-state index contributed by atoms with van der Waals surface area (Å²) in [4.78, 5) is 18.0. The van der Waals surface area contributed by atoms with Crippen LogP contribution >= 0.6 is 0 Å². The minimum atomic E-state index is -0.0579. The quantitative estimate of drug-likeness (QED) is 0.657. The van der Waals surface area contributed by atoms with Gasteiger partial charge < -0.3 is 15.0 Å². The Morgan fingerprint density at radius 3 is 2.70 bits per heavy atom. The molecule has 0 bridgehead atoms. The first kappa shape index (κ1) is 21.3. The van der Waals surface area contributed by atoms with Crippen molar-refractivity contribution < 1.29 is 4.74 Å². The van der Waals surface area contributed by atoms with Crippen molar-refractivity contribution in [3.8, 4) is 16.9 Å². The van der Waals surface area contributed by atoms with Crippen LogP contribution in [-0.4, -0.2) is 65.6 Å². The van der Waals surface area contributed by atoms with Crippen molar-refractivity contribution in [3.63, 3.8) is 0 Å². The number of aliphatic imine (C=N–C) groups is 1. The molecule has 7 heteroatoms. The first-order valence-corrected chi connectivity index (χ1v) is 11.2. The minimum Gasteiger partial charge on any atom is -0.496 e. The molecule has 33 heavy (non-hydrogen) atoms. The summed E-state index contributed by atoms with van der Waals surface area (Å²) in [5, 5.41) is 3.67. The number of benzene rings is 2. The Balaban J connectivity index is 1.33. The molecule has 0 saturated carbocycles. The number of para-hydroxylation sites is 1. The third-order valence-electron chi connectivity index (χ3n) is 6.20. The zero-order chi connectivity index (χ0) is 22.6. The lowest BCUT2D eigenvalue weighted by molar-refractivity contribution is 0.0684. The molecule has 168 valence electrons. The van der Waals surface area contributed by atoms with E-state index < -0.39 is 0 Å². The van der Waals surface area contributed by atoms with Crippen LogP contribution in [0.25, 0.3) is 11.1 Å². The van der Waals surface area contributed by atoms with E-state index in [1.807, 2.05) is 30.3 Å². The zero-order valence-electron chi connectivity index (χ0n) is 18.9. The fraction of sp³-hybridized carbons (Fsp3) is 0.269. The maximum Gasteiger partial charge on any atom is 0.178 e. The smallest absolute Gasteiger partial charge is 0.178 e. The average molecular weight is 441 g/mol. The highest BCUT2D eigenvalue weighted by Gasteiger charge is 2.29. The summed E-state index contributed by atoms with van der Waals surface area (Å²) in [5.41, 5.74) is 5.26. The van der Waals surface area contributed by atoms with Gasteiger partial charge in [-0.05, 0) is 29.3 Å². The van der Waals surface area contributed by atoms with E-state index in [1.54, 1.807) is 19.6 Å². The van der Waals surface area contributed by atoms with Crippen LogP contribution in [0.3, 0.4) is 0 Å². The van der Waals surface area contributed by atoms with E-state index in [2.05, 4.69) is 68.7 Å². The summed E-state index contributed by atoms with van der Waals surface area (Å²) in [7, 11) is 3.78. The van der Waals surface area contributed by atoms with Gasteiger partial charge in [0.1, 0.15) is 12.1 Å². The SMILES string of the molecule is COc1ccccc1-c1ccc(C2CN(C3N=C(c4ccncn4)C=CN3C)CCN2)cc1. The number of nitrogens with zero attached hydrogens (tertiary/aromatic N) is 5. The van der Waals surface area contributed by atoms with E-state index in [0.29, 0.717) is 0 Å². The van der Waals surface area contributed by atoms with Gasteiger partial charge in [0.25, 0.3) is 0 Å². The zero-order valence-corrected chi connectivity index (χ0v) is 18.9. The van der Waals surface area contributed by atoms with Crippen LogP contribution in [0.5, 0.6) is 5.75 Å². The number of hydrogen-bond donors (Lipinski definition) is 1. The van der Waals surface area contributed by atoms with Crippen LogP contribution in [0, 0.1) is 0 Å². The van der Waals surface area contributed by atoms with Crippen molar-refractivity contribution in [1.29, 1.82) is 0 Å². The highest BCUT2D eigenvalue weighted by atomic mass is 16.5. The number of methoxy groups -OCH3 is 1. The Morgan fingerprint density at radius 1 is 1.06 bits per heavy atom. The maximum atomic E-state index is 5.53. The molecule has 1 N–H and O–H groups in total. The predicted octanol–water partition coefficient (Wildman–Crippen LogP) is 3.33. The van der Waals surface area contributed by atoms with Gasteiger partial charge in [0.2, 0.25) is 0 Å². The van der Waals surface area contributed by atoms with E-state index in [-0.39, 0.29) is 12.3 Å². The van der Waals surface area contributed by atoms with Crippen LogP contribution in [0.1, 0.15) is 17.3 Å². The average Bonchev–Trinajstić information content (AvgIpc) is 2.89. The van der Waals surface area contributed by atoms with Gasteiger partial charge in [0.15, 0.2) is 6.29 Å². The molecule has 2 aliphatic heterocycles. The fourth-order valence-electron chi connectivity index (χ4n) is 4.44. The van der Waals surface area contributed by atoms with Gasteiger partial charge in [-0.2, -0.15) is 0 Å². The first-order chi connectivity index (χ1) is 16.2. The van der Waals surface area contributed by atoms with Crippen LogP contribution in [0.4, 0.5) is 0 Å². The van der Waals surface area contributed by atoms with Gasteiger partial charge in [-0.3, -0.25) is 4.90 Å². The third kappa shape index (κ3) is 4.51. The van der Waals surface area contributed by atoms with E-state index in [0.717, 1.165) is 47.9 Å². The van der Waals surface area contributed by atoms with Gasteiger partial charge in [-0.25, -0.2) is 15.0 Å². The van der Waals surface area contributed by atoms with Crippen LogP contribution in [0.15, 0.2) is 84.4 Å². The molecular weight excluding hydrogens is 412 g/mol. The molecule has 1 aromatic heterocycles. The van der Waals surface area contributed by atoms with Crippen molar-refractivity contribution >= 4 is 5.71 Å². The molecule has 7 nitrogen and oxygen atoms in total. The molecule has 2 atom stereocenters. The molecule has 0 radical (unpaired) electrons. The standard InChI is InChI=1S/C26H28N6O/c1-31-15-12-23(22-11-13-27-18-29-22)30-26(31)32-16-14-28-24(17-32)20-9-7-19(8-10-20)21-5-3-4-6-25(21)33-2/h3-13,15,18,24,26,28H,14,16-17H2,1-2H3. The van der Waals surface area contributed by atoms with Crippen LogP contribution in [0.2, 0.25) is 0 Å². The maximum absolute atomic E-state index is 5.53. The number of aromatic nitrogens is 2. The second kappa shape index (κ2) is 9.52. The van der Waals surface area contributed by atoms with Crippen LogP contribution in [-0.2, 0) is 0 Å². The van der Waals surface area contributed by atoms with Crippen LogP contribution < -0.4 is 10.1 Å². The number of ether oxygens (including phenoxy) is 1. The van der Waals surface area contributed by atoms with E-state index >= 15 is 0 Å². The van der Waals surface area contributed by atoms with Crippen molar-refractivity contribution in [1.82, 2.24) is 25.1 Å². The predicted molar refractivity (Wildman–Crippen MR) is 130 cm³/mol. The number of hydrogen-bond acceptors (Lipinski definition) is 7. The fourth-order valence-corrected chi connectivity index (χ4v) is 4.44. The minimum absolute atomic E-state index is 0.0579. The monoisotopic (exact) mass is 440 g/mol. The molecule has 0 aliphatic carbocycles. The van der Waals surface area contributed by atoms with Gasteiger partial charge in [0.05, 0.1) is 18.5 Å². The van der Waals surface area contributed by atoms with E-state index in [1.165, 1.54) is 5.56 Å². The summed E-state index contributed by atoms with van der Waals surface area (Å²) < 4.78 is 5.53. The van der Waals surface area contributed by atoms with Crippen molar-refractivity contribution in [2.75, 3.05) is 33.8 Å². The Labute approximate surface area is 194 Å². The topological polar surface area (TPSA) is 65.9 Å². The van der Waals surface area contributed by atoms with Gasteiger partial charge in [-0.15, -0.1) is 0 Å². The highest BCUT2D eigenvalue weighted by molar-refractivity contribution is 6.07. The second-order valence-electron chi connectivity index (χ2n) is 8.26. The lowest BCUT2D eigenvalue weighted by Crippen LogP contribution is -2.54. The number of allylic oxidation sites excluding steroid dienone is 1. The normalized spacial score (nSPS) is 21.0. The molecule has 2 unspecified atom stereocenters. The molecule has 0 amide bonds. The molecule has 1 saturated heterocycles. The van der Waals surface area contributed by atoms with Gasteiger partial charge >= 0.3 is 0 Å². The summed E-state index contributed by atoms with van der Waals surface area (Å²) in [5.74, 6) is 0.887. The Bertz CT molecular complexity index is 1140. The Kier molecular flexibility index (Phi) is 6.15. The summed E-state index contributed by atoms with van der Waals surface area (Å²) in [6.07, 6.45) is 7.34. The molecule has 0 spiro atoms. The second-order valence-corrected chi connectivity index (χ2v) is 8.26. The third-order valence-corrected chi connectivity index (χ3v) is 6.20. The molecular formula is C26H28N6O. The molecule has 1 fully saturated rings. The summed E-state index contributed by atoms with van der Waals surface area (Å²) in [6.45, 7) is 2.71. The number of piperazine rings is 1. The van der Waals surface area contributed by atoms with Gasteiger partial charge in [0, 0.05) is 50.7 Å². The Morgan fingerprint density at radius 2 is 1.91 bits per heavy atom. The number of nitrogens with one attached hydrogen (secondary N) is 1. The van der Waals surface area contributed by atoms with Gasteiger partial charge in [-0.1, -0.05) is 42.5 Å². The lowest BCUT2D eigenvalue weighted by Gasteiger charge is -2.41. The van der Waals surface area contributed by atoms with Crippen molar-refractivity contribution in [2.24, 2.45) is 4.99 Å². The van der Waals surface area contributed by atoms with Crippen molar-refractivity contribution in [2.45, 2.75) is 12.3 Å². The van der Waals surface area contributed by atoms with E-state index in [9.17, 15) is 0 Å². The molecule has 5 rings (SSSR count). The van der Waals surface area contributed by atoms with Crippen molar-refractivity contribution in [3.05, 3.63) is 90.7 Å². The summed E-state index contributed by atoms with van der Waals surface area (Å²) >= 11 is 0. The van der Waals surface area contributed by atoms with E-state index in [4.69, 9.17) is 9.73 Å².